The van der Waals surface area contributed by atoms with Crippen molar-refractivity contribution in [3.8, 4) is 0 Å². The van der Waals surface area contributed by atoms with Crippen molar-refractivity contribution < 1.29 is 10.2 Å². The molecule has 0 aromatic carbocycles. The first-order valence-electron chi connectivity index (χ1n) is 5.85. The molecule has 0 aromatic rings. The van der Waals surface area contributed by atoms with Gasteiger partial charge in [0.25, 0.3) is 0 Å². The second kappa shape index (κ2) is 4.84. The van der Waals surface area contributed by atoms with Gasteiger partial charge in [-0.25, -0.2) is 0 Å². The first-order chi connectivity index (χ1) is 6.49. The van der Waals surface area contributed by atoms with Crippen LogP contribution in [0, 0.1) is 16.7 Å². The molecule has 0 saturated heterocycles. The molecule has 0 fully saturated rings. The number of aliphatic hydroxyl groups excluding tert-OH is 2. The highest BCUT2D eigenvalue weighted by Crippen LogP contribution is 2.34. The molecule has 0 saturated carbocycles. The largest absolute Gasteiger partial charge is 0.392 e. The predicted molar refractivity (Wildman–Crippen MR) is 64.7 cm³/mol. The summed E-state index contributed by atoms with van der Waals surface area (Å²) in [4.78, 5) is 0. The molecule has 2 unspecified atom stereocenters. The minimum absolute atomic E-state index is 0.147. The summed E-state index contributed by atoms with van der Waals surface area (Å²) in [7, 11) is 0. The van der Waals surface area contributed by atoms with Crippen molar-refractivity contribution in [1.29, 1.82) is 0 Å². The highest BCUT2D eigenvalue weighted by Gasteiger charge is 2.35. The predicted octanol–water partition coefficient (Wildman–Crippen LogP) is 2.83. The van der Waals surface area contributed by atoms with E-state index >= 15 is 0 Å². The van der Waals surface area contributed by atoms with Crippen LogP contribution in [0.15, 0.2) is 0 Å². The zero-order valence-electron chi connectivity index (χ0n) is 11.3. The summed E-state index contributed by atoms with van der Waals surface area (Å²) in [5.41, 5.74) is -0.305. The smallest absolute Gasteiger partial charge is 0.0618 e. The molecule has 92 valence electrons. The lowest BCUT2D eigenvalue weighted by atomic mass is 9.72. The van der Waals surface area contributed by atoms with Gasteiger partial charge in [0.15, 0.2) is 0 Å². The van der Waals surface area contributed by atoms with Crippen LogP contribution in [0.1, 0.15) is 54.9 Å². The van der Waals surface area contributed by atoms with Crippen molar-refractivity contribution in [3.05, 3.63) is 0 Å². The molecule has 0 aliphatic rings. The van der Waals surface area contributed by atoms with Gasteiger partial charge in [-0.1, -0.05) is 48.5 Å². The first kappa shape index (κ1) is 14.9. The third-order valence-electron chi connectivity index (χ3n) is 3.79. The molecule has 0 radical (unpaired) electrons. The highest BCUT2D eigenvalue weighted by molar-refractivity contribution is 4.85. The van der Waals surface area contributed by atoms with Crippen LogP contribution in [0.2, 0.25) is 0 Å². The number of hydrogen-bond acceptors (Lipinski definition) is 2. The van der Waals surface area contributed by atoms with Crippen LogP contribution in [0.3, 0.4) is 0 Å². The maximum Gasteiger partial charge on any atom is 0.0618 e. The van der Waals surface area contributed by atoms with Gasteiger partial charge >= 0.3 is 0 Å². The fraction of sp³-hybridized carbons (Fsp3) is 1.00. The van der Waals surface area contributed by atoms with Crippen molar-refractivity contribution in [3.63, 3.8) is 0 Å². The topological polar surface area (TPSA) is 40.5 Å². The third kappa shape index (κ3) is 4.12. The number of aliphatic hydroxyl groups is 2. The molecule has 0 aromatic heterocycles. The van der Waals surface area contributed by atoms with Gasteiger partial charge in [0.05, 0.1) is 12.2 Å². The lowest BCUT2D eigenvalue weighted by Gasteiger charge is -2.38. The van der Waals surface area contributed by atoms with Gasteiger partial charge in [-0.05, 0) is 16.7 Å². The fourth-order valence-electron chi connectivity index (χ4n) is 1.25. The average molecular weight is 216 g/mol. The van der Waals surface area contributed by atoms with E-state index in [2.05, 4.69) is 27.7 Å². The lowest BCUT2D eigenvalue weighted by Crippen LogP contribution is -2.39. The summed E-state index contributed by atoms with van der Waals surface area (Å²) in [6, 6.07) is 0. The van der Waals surface area contributed by atoms with E-state index in [1.165, 1.54) is 0 Å². The molecule has 0 aliphatic heterocycles. The molecule has 0 spiro atoms. The Morgan fingerprint density at radius 3 is 1.53 bits per heavy atom. The summed E-state index contributed by atoms with van der Waals surface area (Å²) in [6.07, 6.45) is -0.452. The molecule has 0 heterocycles. The monoisotopic (exact) mass is 216 g/mol. The minimum Gasteiger partial charge on any atom is -0.392 e. The van der Waals surface area contributed by atoms with E-state index in [9.17, 15) is 10.2 Å². The maximum absolute atomic E-state index is 10.1. The van der Waals surface area contributed by atoms with Gasteiger partial charge in [-0.2, -0.15) is 0 Å². The summed E-state index contributed by atoms with van der Waals surface area (Å²) in [6.45, 7) is 14.3. The molecule has 2 nitrogen and oxygen atoms in total. The van der Waals surface area contributed by atoms with Gasteiger partial charge in [0.2, 0.25) is 0 Å². The van der Waals surface area contributed by atoms with Crippen molar-refractivity contribution in [1.82, 2.24) is 0 Å². The van der Waals surface area contributed by atoms with Crippen molar-refractivity contribution in [2.45, 2.75) is 67.1 Å². The van der Waals surface area contributed by atoms with Gasteiger partial charge < -0.3 is 10.2 Å². The molecule has 0 rings (SSSR count). The Labute approximate surface area is 94.7 Å². The van der Waals surface area contributed by atoms with Crippen LogP contribution >= 0.6 is 0 Å². The standard InChI is InChI=1S/C13H28O2/c1-9(2)13(6,7)11(15)8-10(14)12(3,4)5/h9-11,14-15H,8H2,1-7H3. The molecule has 0 bridgehead atoms. The van der Waals surface area contributed by atoms with Crippen molar-refractivity contribution in [2.75, 3.05) is 0 Å². The fourth-order valence-corrected chi connectivity index (χ4v) is 1.25. The summed E-state index contributed by atoms with van der Waals surface area (Å²) in [5, 5.41) is 20.1. The van der Waals surface area contributed by atoms with Crippen molar-refractivity contribution >= 4 is 0 Å². The molecular formula is C13H28O2. The van der Waals surface area contributed by atoms with Crippen LogP contribution < -0.4 is 0 Å². The summed E-state index contributed by atoms with van der Waals surface area (Å²) >= 11 is 0. The number of rotatable bonds is 4. The van der Waals surface area contributed by atoms with Crippen LogP contribution in [-0.4, -0.2) is 22.4 Å². The van der Waals surface area contributed by atoms with Gasteiger partial charge in [0, 0.05) is 6.42 Å². The first-order valence-corrected chi connectivity index (χ1v) is 5.85. The van der Waals surface area contributed by atoms with E-state index in [4.69, 9.17) is 0 Å². The molecule has 2 heteroatoms. The van der Waals surface area contributed by atoms with Gasteiger partial charge in [-0.3, -0.25) is 0 Å². The molecule has 2 atom stereocenters. The lowest BCUT2D eigenvalue weighted by molar-refractivity contribution is -0.0449. The van der Waals surface area contributed by atoms with E-state index in [0.717, 1.165) is 0 Å². The average Bonchev–Trinajstić information content (AvgIpc) is 2.01. The Bertz CT molecular complexity index is 189. The summed E-state index contributed by atoms with van der Waals surface area (Å²) in [5.74, 6) is 0.402. The zero-order valence-corrected chi connectivity index (χ0v) is 11.3. The van der Waals surface area contributed by atoms with E-state index < -0.39 is 12.2 Å². The van der Waals surface area contributed by atoms with E-state index in [-0.39, 0.29) is 10.8 Å². The van der Waals surface area contributed by atoms with Crippen LogP contribution in [0.4, 0.5) is 0 Å². The van der Waals surface area contributed by atoms with E-state index in [0.29, 0.717) is 12.3 Å². The molecule has 0 amide bonds. The van der Waals surface area contributed by atoms with Crippen molar-refractivity contribution in [2.24, 2.45) is 16.7 Å². The third-order valence-corrected chi connectivity index (χ3v) is 3.79. The van der Waals surface area contributed by atoms with E-state index in [1.54, 1.807) is 0 Å². The van der Waals surface area contributed by atoms with Crippen LogP contribution in [0.25, 0.3) is 0 Å². The normalized spacial score (nSPS) is 18.0. The summed E-state index contributed by atoms with van der Waals surface area (Å²) < 4.78 is 0. The molecule has 0 aliphatic carbocycles. The minimum atomic E-state index is -0.453. The van der Waals surface area contributed by atoms with Gasteiger partial charge in [0.1, 0.15) is 0 Å². The Balaban J connectivity index is 4.44. The number of hydrogen-bond donors (Lipinski definition) is 2. The Morgan fingerprint density at radius 1 is 0.867 bits per heavy atom. The quantitative estimate of drug-likeness (QED) is 0.758. The SMILES string of the molecule is CC(C)C(C)(C)C(O)CC(O)C(C)(C)C. The van der Waals surface area contributed by atoms with Gasteiger partial charge in [-0.15, -0.1) is 0 Å². The Kier molecular flexibility index (Phi) is 4.81. The Morgan fingerprint density at radius 2 is 1.27 bits per heavy atom. The second-order valence-corrected chi connectivity index (χ2v) is 6.61. The molecular weight excluding hydrogens is 188 g/mol. The maximum atomic E-state index is 10.1. The Hall–Kier alpha value is -0.0800. The van der Waals surface area contributed by atoms with Crippen LogP contribution in [-0.2, 0) is 0 Å². The second-order valence-electron chi connectivity index (χ2n) is 6.61. The zero-order chi connectivity index (χ0) is 12.4. The molecule has 2 N–H and O–H groups in total. The molecule has 15 heavy (non-hydrogen) atoms. The highest BCUT2D eigenvalue weighted by atomic mass is 16.3. The van der Waals surface area contributed by atoms with Crippen LogP contribution in [0.5, 0.6) is 0 Å². The van der Waals surface area contributed by atoms with E-state index in [1.807, 2.05) is 20.8 Å².